The lowest BCUT2D eigenvalue weighted by atomic mass is 10.2. The van der Waals surface area contributed by atoms with Crippen LogP contribution in [0.1, 0.15) is 10.5 Å². The molecule has 0 unspecified atom stereocenters. The molecule has 0 saturated carbocycles. The predicted octanol–water partition coefficient (Wildman–Crippen LogP) is 4.14. The number of nitrogens with one attached hydrogen (secondary N) is 2. The van der Waals surface area contributed by atoms with Crippen LogP contribution in [0.2, 0.25) is 5.02 Å². The van der Waals surface area contributed by atoms with Gasteiger partial charge in [0.1, 0.15) is 29.3 Å². The van der Waals surface area contributed by atoms with Crippen molar-refractivity contribution in [1.82, 2.24) is 9.97 Å². The van der Waals surface area contributed by atoms with Crippen LogP contribution in [-0.2, 0) is 0 Å². The second-order valence-electron chi connectivity index (χ2n) is 5.44. The average molecular weight is 385 g/mol. The maximum absolute atomic E-state index is 12.5. The molecular formula is C19H17ClN4O3. The fraction of sp³-hybridized carbons (Fsp3) is 0.105. The van der Waals surface area contributed by atoms with E-state index in [0.29, 0.717) is 33.7 Å². The molecule has 0 aliphatic heterocycles. The van der Waals surface area contributed by atoms with E-state index in [2.05, 4.69) is 20.6 Å². The highest BCUT2D eigenvalue weighted by molar-refractivity contribution is 6.31. The van der Waals surface area contributed by atoms with Gasteiger partial charge in [0.2, 0.25) is 0 Å². The number of ether oxygens (including phenoxy) is 2. The summed E-state index contributed by atoms with van der Waals surface area (Å²) in [5, 5.41) is 6.40. The van der Waals surface area contributed by atoms with E-state index >= 15 is 0 Å². The Hall–Kier alpha value is -3.32. The smallest absolute Gasteiger partial charge is 0.274 e. The summed E-state index contributed by atoms with van der Waals surface area (Å²) < 4.78 is 10.4. The molecule has 0 saturated heterocycles. The standard InChI is InChI=1S/C19H17ClN4O3/c1-26-14-5-3-4-13(9-14)23-19(25)16-10-18(22-11-21-16)24-15-8-12(20)6-7-17(15)27-2/h3-11H,1-2H3,(H,23,25)(H,21,22,24). The van der Waals surface area contributed by atoms with E-state index in [9.17, 15) is 4.79 Å². The molecule has 138 valence electrons. The molecule has 0 bridgehead atoms. The normalized spacial score (nSPS) is 10.2. The van der Waals surface area contributed by atoms with Gasteiger partial charge >= 0.3 is 0 Å². The monoisotopic (exact) mass is 384 g/mol. The molecule has 0 aliphatic rings. The Morgan fingerprint density at radius 3 is 2.67 bits per heavy atom. The van der Waals surface area contributed by atoms with Crippen LogP contribution in [-0.4, -0.2) is 30.1 Å². The van der Waals surface area contributed by atoms with Gasteiger partial charge in [0.15, 0.2) is 0 Å². The number of anilines is 3. The molecule has 0 aliphatic carbocycles. The van der Waals surface area contributed by atoms with Gasteiger partial charge in [0, 0.05) is 22.8 Å². The van der Waals surface area contributed by atoms with Crippen LogP contribution in [0.25, 0.3) is 0 Å². The second-order valence-corrected chi connectivity index (χ2v) is 5.88. The highest BCUT2D eigenvalue weighted by Crippen LogP contribution is 2.30. The van der Waals surface area contributed by atoms with E-state index < -0.39 is 0 Å². The SMILES string of the molecule is COc1cccc(NC(=O)c2cc(Nc3cc(Cl)ccc3OC)ncn2)c1. The maximum atomic E-state index is 12.5. The van der Waals surface area contributed by atoms with Crippen molar-refractivity contribution in [1.29, 1.82) is 0 Å². The Morgan fingerprint density at radius 1 is 1.04 bits per heavy atom. The third kappa shape index (κ3) is 4.65. The Morgan fingerprint density at radius 2 is 1.89 bits per heavy atom. The molecule has 1 amide bonds. The lowest BCUT2D eigenvalue weighted by molar-refractivity contribution is 0.102. The van der Waals surface area contributed by atoms with E-state index in [1.54, 1.807) is 56.7 Å². The summed E-state index contributed by atoms with van der Waals surface area (Å²) >= 11 is 6.03. The van der Waals surface area contributed by atoms with Crippen molar-refractivity contribution in [2.75, 3.05) is 24.9 Å². The summed E-state index contributed by atoms with van der Waals surface area (Å²) in [5.41, 5.74) is 1.43. The molecule has 0 spiro atoms. The fourth-order valence-corrected chi connectivity index (χ4v) is 2.53. The van der Waals surface area contributed by atoms with Gasteiger partial charge < -0.3 is 20.1 Å². The fourth-order valence-electron chi connectivity index (χ4n) is 2.36. The summed E-state index contributed by atoms with van der Waals surface area (Å²) in [7, 11) is 3.12. The molecule has 0 fully saturated rings. The Bertz CT molecular complexity index is 965. The van der Waals surface area contributed by atoms with Crippen molar-refractivity contribution in [2.24, 2.45) is 0 Å². The Balaban J connectivity index is 1.79. The van der Waals surface area contributed by atoms with Crippen LogP contribution in [0.3, 0.4) is 0 Å². The van der Waals surface area contributed by atoms with Crippen LogP contribution in [0.15, 0.2) is 54.9 Å². The summed E-state index contributed by atoms with van der Waals surface area (Å²) in [4.78, 5) is 20.6. The third-order valence-corrected chi connectivity index (χ3v) is 3.89. The zero-order valence-electron chi connectivity index (χ0n) is 14.7. The molecule has 8 heteroatoms. The first kappa shape index (κ1) is 18.5. The molecule has 0 radical (unpaired) electrons. The van der Waals surface area contributed by atoms with Crippen molar-refractivity contribution in [3.8, 4) is 11.5 Å². The summed E-state index contributed by atoms with van der Waals surface area (Å²) in [6.45, 7) is 0. The molecule has 7 nitrogen and oxygen atoms in total. The lowest BCUT2D eigenvalue weighted by Gasteiger charge is -2.11. The number of halogens is 1. The van der Waals surface area contributed by atoms with Crippen LogP contribution < -0.4 is 20.1 Å². The lowest BCUT2D eigenvalue weighted by Crippen LogP contribution is -2.14. The molecule has 3 rings (SSSR count). The zero-order chi connectivity index (χ0) is 19.2. The van der Waals surface area contributed by atoms with Crippen molar-refractivity contribution in [2.45, 2.75) is 0 Å². The minimum Gasteiger partial charge on any atom is -0.497 e. The van der Waals surface area contributed by atoms with Gasteiger partial charge in [-0.2, -0.15) is 0 Å². The van der Waals surface area contributed by atoms with Crippen molar-refractivity contribution < 1.29 is 14.3 Å². The van der Waals surface area contributed by atoms with Crippen molar-refractivity contribution >= 4 is 34.7 Å². The van der Waals surface area contributed by atoms with Gasteiger partial charge in [-0.1, -0.05) is 17.7 Å². The largest absolute Gasteiger partial charge is 0.497 e. The Labute approximate surface area is 161 Å². The number of amides is 1. The van der Waals surface area contributed by atoms with E-state index in [0.717, 1.165) is 0 Å². The number of carbonyl (C=O) groups is 1. The number of methoxy groups -OCH3 is 2. The second kappa shape index (κ2) is 8.37. The van der Waals surface area contributed by atoms with E-state index in [-0.39, 0.29) is 11.6 Å². The summed E-state index contributed by atoms with van der Waals surface area (Å²) in [6.07, 6.45) is 1.31. The van der Waals surface area contributed by atoms with Gasteiger partial charge in [-0.05, 0) is 30.3 Å². The molecule has 27 heavy (non-hydrogen) atoms. The van der Waals surface area contributed by atoms with Crippen LogP contribution in [0.4, 0.5) is 17.2 Å². The molecule has 1 heterocycles. The molecule has 2 N–H and O–H groups in total. The van der Waals surface area contributed by atoms with Crippen LogP contribution >= 0.6 is 11.6 Å². The number of nitrogens with zero attached hydrogens (tertiary/aromatic N) is 2. The van der Waals surface area contributed by atoms with Gasteiger partial charge in [-0.15, -0.1) is 0 Å². The summed E-state index contributed by atoms with van der Waals surface area (Å²) in [6, 6.07) is 13.8. The van der Waals surface area contributed by atoms with Gasteiger partial charge in [-0.25, -0.2) is 9.97 Å². The molecule has 1 aromatic heterocycles. The minimum atomic E-state index is -0.369. The first-order valence-electron chi connectivity index (χ1n) is 7.97. The highest BCUT2D eigenvalue weighted by atomic mass is 35.5. The van der Waals surface area contributed by atoms with Gasteiger partial charge in [0.25, 0.3) is 5.91 Å². The van der Waals surface area contributed by atoms with Gasteiger partial charge in [-0.3, -0.25) is 4.79 Å². The number of rotatable bonds is 6. The Kier molecular flexibility index (Phi) is 5.73. The van der Waals surface area contributed by atoms with E-state index in [4.69, 9.17) is 21.1 Å². The third-order valence-electron chi connectivity index (χ3n) is 3.65. The topological polar surface area (TPSA) is 85.4 Å². The molecule has 0 atom stereocenters. The first-order chi connectivity index (χ1) is 13.1. The highest BCUT2D eigenvalue weighted by Gasteiger charge is 2.11. The first-order valence-corrected chi connectivity index (χ1v) is 8.35. The number of aromatic nitrogens is 2. The van der Waals surface area contributed by atoms with Crippen LogP contribution in [0, 0.1) is 0 Å². The number of benzene rings is 2. The van der Waals surface area contributed by atoms with Crippen molar-refractivity contribution in [3.05, 3.63) is 65.6 Å². The molecule has 2 aromatic carbocycles. The van der Waals surface area contributed by atoms with E-state index in [1.165, 1.54) is 12.4 Å². The molecule has 3 aromatic rings. The summed E-state index contributed by atoms with van der Waals surface area (Å²) in [5.74, 6) is 1.31. The van der Waals surface area contributed by atoms with E-state index in [1.807, 2.05) is 0 Å². The predicted molar refractivity (Wildman–Crippen MR) is 104 cm³/mol. The van der Waals surface area contributed by atoms with Crippen molar-refractivity contribution in [3.63, 3.8) is 0 Å². The zero-order valence-corrected chi connectivity index (χ0v) is 15.4. The van der Waals surface area contributed by atoms with Crippen LogP contribution in [0.5, 0.6) is 11.5 Å². The maximum Gasteiger partial charge on any atom is 0.274 e. The van der Waals surface area contributed by atoms with Gasteiger partial charge in [0.05, 0.1) is 19.9 Å². The average Bonchev–Trinajstić information content (AvgIpc) is 2.68. The number of hydrogen-bond acceptors (Lipinski definition) is 6. The quantitative estimate of drug-likeness (QED) is 0.664. The molecular weight excluding hydrogens is 368 g/mol. The number of carbonyl (C=O) groups excluding carboxylic acids is 1. The minimum absolute atomic E-state index is 0.205. The number of hydrogen-bond donors (Lipinski definition) is 2.